The molecule has 0 fully saturated rings. The van der Waals surface area contributed by atoms with E-state index in [1.54, 1.807) is 6.20 Å². The Morgan fingerprint density at radius 3 is 1.61 bits per heavy atom. The molecule has 12 rings (SSSR count). The minimum atomic E-state index is 0.848. The summed E-state index contributed by atoms with van der Waals surface area (Å²) in [6, 6.07) is 68.0. The largest absolute Gasteiger partial charge is 0.456 e. The van der Waals surface area contributed by atoms with Gasteiger partial charge in [-0.2, -0.15) is 0 Å². The van der Waals surface area contributed by atoms with Crippen LogP contribution in [0.5, 0.6) is 0 Å². The molecule has 0 unspecified atom stereocenters. The average Bonchev–Trinajstić information content (AvgIpc) is 3.94. The van der Waals surface area contributed by atoms with Gasteiger partial charge in [-0.05, 0) is 88.5 Å². The molecule has 0 spiro atoms. The van der Waals surface area contributed by atoms with Crippen molar-refractivity contribution in [3.63, 3.8) is 0 Å². The summed E-state index contributed by atoms with van der Waals surface area (Å²) in [7, 11) is 0. The lowest BCUT2D eigenvalue weighted by Gasteiger charge is -2.14. The molecular formula is C53H33N3O. The van der Waals surface area contributed by atoms with E-state index in [4.69, 9.17) is 4.42 Å². The van der Waals surface area contributed by atoms with E-state index in [0.717, 1.165) is 50.0 Å². The first kappa shape index (κ1) is 31.6. The van der Waals surface area contributed by atoms with Gasteiger partial charge in [-0.25, -0.2) is 0 Å². The van der Waals surface area contributed by atoms with E-state index in [9.17, 15) is 0 Å². The fourth-order valence-electron chi connectivity index (χ4n) is 9.04. The van der Waals surface area contributed by atoms with Crippen molar-refractivity contribution in [3.05, 3.63) is 200 Å². The lowest BCUT2D eigenvalue weighted by atomic mass is 9.96. The molecule has 0 aliphatic rings. The third-order valence-corrected chi connectivity index (χ3v) is 11.6. The Bertz CT molecular complexity index is 3490. The minimum Gasteiger partial charge on any atom is -0.456 e. The molecule has 0 radical (unpaired) electrons. The van der Waals surface area contributed by atoms with Crippen molar-refractivity contribution >= 4 is 65.6 Å². The molecule has 8 aromatic carbocycles. The van der Waals surface area contributed by atoms with E-state index >= 15 is 0 Å². The van der Waals surface area contributed by atoms with Gasteiger partial charge in [0.1, 0.15) is 11.2 Å². The molecule has 4 heteroatoms. The first-order valence-corrected chi connectivity index (χ1v) is 19.4. The quantitative estimate of drug-likeness (QED) is 0.177. The summed E-state index contributed by atoms with van der Waals surface area (Å²) in [4.78, 5) is 4.40. The van der Waals surface area contributed by atoms with Crippen molar-refractivity contribution < 1.29 is 4.42 Å². The van der Waals surface area contributed by atoms with Crippen molar-refractivity contribution in [2.24, 2.45) is 0 Å². The Morgan fingerprint density at radius 2 is 0.912 bits per heavy atom. The predicted octanol–water partition coefficient (Wildman–Crippen LogP) is 14.2. The van der Waals surface area contributed by atoms with Crippen LogP contribution in [0.1, 0.15) is 0 Å². The smallest absolute Gasteiger partial charge is 0.138 e. The summed E-state index contributed by atoms with van der Waals surface area (Å²) in [5.74, 6) is 0. The molecule has 0 saturated heterocycles. The number of hydrogen-bond donors (Lipinski definition) is 0. The van der Waals surface area contributed by atoms with Crippen LogP contribution in [0.2, 0.25) is 0 Å². The maximum Gasteiger partial charge on any atom is 0.138 e. The van der Waals surface area contributed by atoms with Gasteiger partial charge in [0.25, 0.3) is 0 Å². The Kier molecular flexibility index (Phi) is 6.89. The summed E-state index contributed by atoms with van der Waals surface area (Å²) >= 11 is 0. The molecule has 0 bridgehead atoms. The fraction of sp³-hybridized carbons (Fsp3) is 0. The van der Waals surface area contributed by atoms with Gasteiger partial charge in [-0.3, -0.25) is 4.98 Å². The number of nitrogens with zero attached hydrogens (tertiary/aromatic N) is 3. The van der Waals surface area contributed by atoms with Crippen LogP contribution < -0.4 is 0 Å². The molecule has 4 aromatic heterocycles. The van der Waals surface area contributed by atoms with E-state index in [2.05, 4.69) is 196 Å². The number of pyridine rings is 1. The normalized spacial score (nSPS) is 11.9. The molecule has 0 aliphatic heterocycles. The zero-order valence-corrected chi connectivity index (χ0v) is 30.8. The van der Waals surface area contributed by atoms with Crippen LogP contribution in [0.25, 0.3) is 110 Å². The standard InChI is InChI=1S/C53H33N3O/c1-5-13-34(14-6-1)37-21-25-42-47(30-37)56(40-19-11-4-12-20-40)53-43(35-15-7-2-8-16-35)32-48-51(52(42)53)41-24-22-38(31-46(41)55(48)39-17-9-3-10-18-39)36-23-26-49-44(29-36)45-33-54-28-27-50(45)57-49/h1-33H. The van der Waals surface area contributed by atoms with Gasteiger partial charge in [0.15, 0.2) is 0 Å². The van der Waals surface area contributed by atoms with Gasteiger partial charge in [0.2, 0.25) is 0 Å². The molecule has 266 valence electrons. The van der Waals surface area contributed by atoms with Crippen LogP contribution in [-0.2, 0) is 0 Å². The van der Waals surface area contributed by atoms with Gasteiger partial charge in [0, 0.05) is 61.6 Å². The second-order valence-corrected chi connectivity index (χ2v) is 14.8. The molecule has 0 atom stereocenters. The Hall–Kier alpha value is -7.69. The SMILES string of the molecule is c1ccc(-c2ccc3c4c5c6ccc(-c7ccc8oc9ccncc9c8c7)cc6n(-c6ccccc6)c5cc(-c5ccccc5)c4n(-c4ccccc4)c3c2)cc1. The summed E-state index contributed by atoms with van der Waals surface area (Å²) in [6.07, 6.45) is 3.67. The lowest BCUT2D eigenvalue weighted by molar-refractivity contribution is 0.668. The van der Waals surface area contributed by atoms with Crippen LogP contribution in [0.15, 0.2) is 205 Å². The number of furan rings is 1. The molecule has 0 saturated carbocycles. The summed E-state index contributed by atoms with van der Waals surface area (Å²) in [5, 5.41) is 7.01. The summed E-state index contributed by atoms with van der Waals surface area (Å²) in [6.45, 7) is 0. The highest BCUT2D eigenvalue weighted by molar-refractivity contribution is 6.32. The first-order valence-electron chi connectivity index (χ1n) is 19.4. The van der Waals surface area contributed by atoms with E-state index in [1.807, 2.05) is 12.3 Å². The maximum atomic E-state index is 6.17. The van der Waals surface area contributed by atoms with Crippen LogP contribution in [0, 0.1) is 0 Å². The fourth-order valence-corrected chi connectivity index (χ4v) is 9.04. The monoisotopic (exact) mass is 727 g/mol. The van der Waals surface area contributed by atoms with Crippen LogP contribution in [-0.4, -0.2) is 14.1 Å². The van der Waals surface area contributed by atoms with E-state index in [1.165, 1.54) is 60.3 Å². The zero-order valence-electron chi connectivity index (χ0n) is 30.8. The zero-order chi connectivity index (χ0) is 37.5. The Labute approximate surface area is 328 Å². The van der Waals surface area contributed by atoms with E-state index < -0.39 is 0 Å². The maximum absolute atomic E-state index is 6.17. The third kappa shape index (κ3) is 4.84. The number of para-hydroxylation sites is 2. The number of hydrogen-bond acceptors (Lipinski definition) is 2. The van der Waals surface area contributed by atoms with Gasteiger partial charge in [-0.15, -0.1) is 0 Å². The van der Waals surface area contributed by atoms with Crippen molar-refractivity contribution in [3.8, 4) is 44.8 Å². The Morgan fingerprint density at radius 1 is 0.368 bits per heavy atom. The molecule has 0 N–H and O–H groups in total. The highest BCUT2D eigenvalue weighted by Gasteiger charge is 2.25. The molecule has 0 amide bonds. The first-order chi connectivity index (χ1) is 28.3. The lowest BCUT2D eigenvalue weighted by Crippen LogP contribution is -1.97. The molecule has 4 heterocycles. The Balaban J connectivity index is 1.24. The average molecular weight is 728 g/mol. The van der Waals surface area contributed by atoms with Gasteiger partial charge < -0.3 is 13.6 Å². The van der Waals surface area contributed by atoms with E-state index in [-0.39, 0.29) is 0 Å². The third-order valence-electron chi connectivity index (χ3n) is 11.6. The van der Waals surface area contributed by atoms with Crippen molar-refractivity contribution in [2.45, 2.75) is 0 Å². The topological polar surface area (TPSA) is 35.9 Å². The number of aromatic nitrogens is 3. The molecule has 4 nitrogen and oxygen atoms in total. The summed E-state index contributed by atoms with van der Waals surface area (Å²) in [5.41, 5.74) is 15.7. The number of rotatable bonds is 5. The number of benzene rings is 8. The van der Waals surface area contributed by atoms with Gasteiger partial charge in [-0.1, -0.05) is 127 Å². The van der Waals surface area contributed by atoms with Crippen LogP contribution in [0.4, 0.5) is 0 Å². The van der Waals surface area contributed by atoms with Crippen LogP contribution in [0.3, 0.4) is 0 Å². The second kappa shape index (κ2) is 12.4. The molecule has 12 aromatic rings. The highest BCUT2D eigenvalue weighted by Crippen LogP contribution is 2.48. The van der Waals surface area contributed by atoms with Crippen molar-refractivity contribution in [2.75, 3.05) is 0 Å². The van der Waals surface area contributed by atoms with Crippen molar-refractivity contribution in [1.29, 1.82) is 0 Å². The molecular weight excluding hydrogens is 695 g/mol. The highest BCUT2D eigenvalue weighted by atomic mass is 16.3. The molecule has 57 heavy (non-hydrogen) atoms. The van der Waals surface area contributed by atoms with Crippen molar-refractivity contribution in [1.82, 2.24) is 14.1 Å². The van der Waals surface area contributed by atoms with Gasteiger partial charge in [0.05, 0.1) is 22.1 Å². The van der Waals surface area contributed by atoms with E-state index in [0.29, 0.717) is 0 Å². The molecule has 0 aliphatic carbocycles. The summed E-state index contributed by atoms with van der Waals surface area (Å²) < 4.78 is 11.1. The van der Waals surface area contributed by atoms with Crippen LogP contribution >= 0.6 is 0 Å². The number of fused-ring (bicyclic) bond motifs is 10. The second-order valence-electron chi connectivity index (χ2n) is 14.8. The van der Waals surface area contributed by atoms with Gasteiger partial charge >= 0.3 is 0 Å². The predicted molar refractivity (Wildman–Crippen MR) is 237 cm³/mol. The minimum absolute atomic E-state index is 0.848.